The van der Waals surface area contributed by atoms with Crippen LogP contribution in [0.15, 0.2) is 24.8 Å². The second-order valence-corrected chi connectivity index (χ2v) is 10.9. The molecule has 0 unspecified atom stereocenters. The summed E-state index contributed by atoms with van der Waals surface area (Å²) in [6, 6.07) is 3.15. The van der Waals surface area contributed by atoms with Crippen molar-refractivity contribution < 1.29 is 9.47 Å². The average Bonchev–Trinajstić information content (AvgIpc) is 3.59. The van der Waals surface area contributed by atoms with E-state index in [1.165, 1.54) is 36.9 Å². The maximum absolute atomic E-state index is 5.57. The predicted octanol–water partition coefficient (Wildman–Crippen LogP) is 4.39. The molecule has 35 heavy (non-hydrogen) atoms. The van der Waals surface area contributed by atoms with Gasteiger partial charge in [-0.1, -0.05) is 13.8 Å². The van der Waals surface area contributed by atoms with Crippen molar-refractivity contribution in [3.63, 3.8) is 0 Å². The molecule has 6 rings (SSSR count). The molecule has 1 aliphatic heterocycles. The summed E-state index contributed by atoms with van der Waals surface area (Å²) in [5.74, 6) is 1.52. The van der Waals surface area contributed by atoms with Gasteiger partial charge in [-0.05, 0) is 43.6 Å². The van der Waals surface area contributed by atoms with Gasteiger partial charge in [0.15, 0.2) is 11.4 Å². The molecule has 2 fully saturated rings. The van der Waals surface area contributed by atoms with Crippen LogP contribution in [0, 0.1) is 0 Å². The van der Waals surface area contributed by atoms with Crippen LogP contribution in [0.25, 0.3) is 27.6 Å². The normalized spacial score (nSPS) is 21.0. The smallest absolute Gasteiger partial charge is 0.197 e. The number of aromatic amines is 1. The van der Waals surface area contributed by atoms with Crippen LogP contribution in [-0.2, 0) is 4.74 Å². The SMILES string of the molecule is COc1cc(-c2n[nH]c(-c3ncc(C4CCC(NC5COC5)CC4)s3)c2C(C)C)cn2ncnc12. The van der Waals surface area contributed by atoms with E-state index in [2.05, 4.69) is 40.5 Å². The van der Waals surface area contributed by atoms with Crippen LogP contribution in [0.5, 0.6) is 5.75 Å². The van der Waals surface area contributed by atoms with E-state index in [0.29, 0.717) is 29.4 Å². The molecule has 10 heteroatoms. The summed E-state index contributed by atoms with van der Waals surface area (Å²) in [6.07, 6.45) is 10.4. The molecule has 9 nitrogen and oxygen atoms in total. The van der Waals surface area contributed by atoms with Gasteiger partial charge in [-0.3, -0.25) is 5.10 Å². The van der Waals surface area contributed by atoms with Gasteiger partial charge in [0.2, 0.25) is 0 Å². The fourth-order valence-electron chi connectivity index (χ4n) is 5.27. The van der Waals surface area contributed by atoms with Crippen LogP contribution >= 0.6 is 11.3 Å². The second kappa shape index (κ2) is 9.33. The number of nitrogens with zero attached hydrogens (tertiary/aromatic N) is 5. The first-order chi connectivity index (χ1) is 17.1. The lowest BCUT2D eigenvalue weighted by Gasteiger charge is -2.35. The summed E-state index contributed by atoms with van der Waals surface area (Å²) in [4.78, 5) is 10.5. The zero-order valence-corrected chi connectivity index (χ0v) is 21.1. The summed E-state index contributed by atoms with van der Waals surface area (Å²) < 4.78 is 12.6. The molecule has 1 saturated carbocycles. The molecule has 1 aliphatic carbocycles. The molecular formula is C25H31N7O2S. The number of nitrogens with one attached hydrogen (secondary N) is 2. The summed E-state index contributed by atoms with van der Waals surface area (Å²) in [5, 5.41) is 17.1. The lowest BCUT2D eigenvalue weighted by molar-refractivity contribution is -0.0121. The molecule has 5 heterocycles. The van der Waals surface area contributed by atoms with Crippen LogP contribution in [0.1, 0.15) is 61.8 Å². The number of pyridine rings is 1. The third kappa shape index (κ3) is 4.23. The molecule has 4 aromatic heterocycles. The van der Waals surface area contributed by atoms with Crippen LogP contribution in [0.4, 0.5) is 0 Å². The minimum Gasteiger partial charge on any atom is -0.493 e. The van der Waals surface area contributed by atoms with Crippen molar-refractivity contribution in [3.05, 3.63) is 35.2 Å². The number of rotatable bonds is 7. The van der Waals surface area contributed by atoms with Gasteiger partial charge < -0.3 is 14.8 Å². The molecule has 0 atom stereocenters. The Labute approximate surface area is 208 Å². The van der Waals surface area contributed by atoms with Crippen molar-refractivity contribution in [1.82, 2.24) is 35.1 Å². The Morgan fingerprint density at radius 2 is 2.00 bits per heavy atom. The first-order valence-corrected chi connectivity index (χ1v) is 13.2. The van der Waals surface area contributed by atoms with E-state index in [-0.39, 0.29) is 5.92 Å². The zero-order chi connectivity index (χ0) is 23.9. The molecule has 0 bridgehead atoms. The highest BCUT2D eigenvalue weighted by molar-refractivity contribution is 7.15. The Kier molecular flexibility index (Phi) is 6.03. The third-order valence-corrected chi connectivity index (χ3v) is 8.37. The minimum atomic E-state index is 0.264. The Morgan fingerprint density at radius 1 is 1.17 bits per heavy atom. The van der Waals surface area contributed by atoms with Gasteiger partial charge in [-0.25, -0.2) is 14.5 Å². The standard InChI is InChI=1S/C25H31N7O2S/c1-14(2)21-22(16-8-19(33-3)24-27-13-28-32(24)10-16)30-31-23(21)25-26-9-20(35-25)15-4-6-17(7-5-15)29-18-11-34-12-18/h8-10,13-15,17-18,29H,4-7,11-12H2,1-3H3,(H,30,31). The number of thiazole rings is 1. The lowest BCUT2D eigenvalue weighted by Crippen LogP contribution is -2.51. The predicted molar refractivity (Wildman–Crippen MR) is 135 cm³/mol. The van der Waals surface area contributed by atoms with Gasteiger partial charge in [0, 0.05) is 34.4 Å². The Hall–Kier alpha value is -2.82. The number of hydrogen-bond donors (Lipinski definition) is 2. The second-order valence-electron chi connectivity index (χ2n) is 9.86. The average molecular weight is 494 g/mol. The van der Waals surface area contributed by atoms with E-state index in [0.717, 1.165) is 40.7 Å². The molecule has 0 radical (unpaired) electrons. The first kappa shape index (κ1) is 22.6. The monoisotopic (exact) mass is 493 g/mol. The molecule has 2 aliphatic rings. The molecular weight excluding hydrogens is 462 g/mol. The number of aromatic nitrogens is 6. The third-order valence-electron chi connectivity index (χ3n) is 7.19. The zero-order valence-electron chi connectivity index (χ0n) is 20.3. The number of methoxy groups -OCH3 is 1. The van der Waals surface area contributed by atoms with Crippen molar-refractivity contribution in [2.45, 2.75) is 63.5 Å². The molecule has 0 amide bonds. The van der Waals surface area contributed by atoms with E-state index in [9.17, 15) is 0 Å². The first-order valence-electron chi connectivity index (χ1n) is 12.4. The van der Waals surface area contributed by atoms with Gasteiger partial charge in [0.1, 0.15) is 11.3 Å². The van der Waals surface area contributed by atoms with Crippen LogP contribution in [0.2, 0.25) is 0 Å². The highest BCUT2D eigenvalue weighted by Gasteiger charge is 2.29. The van der Waals surface area contributed by atoms with E-state index in [1.54, 1.807) is 23.0 Å². The minimum absolute atomic E-state index is 0.264. The highest BCUT2D eigenvalue weighted by Crippen LogP contribution is 2.41. The van der Waals surface area contributed by atoms with Crippen molar-refractivity contribution in [1.29, 1.82) is 0 Å². The van der Waals surface area contributed by atoms with E-state index in [4.69, 9.17) is 19.6 Å². The molecule has 4 aromatic rings. The van der Waals surface area contributed by atoms with E-state index >= 15 is 0 Å². The molecule has 2 N–H and O–H groups in total. The maximum Gasteiger partial charge on any atom is 0.197 e. The Balaban J connectivity index is 1.25. The number of H-pyrrole nitrogens is 1. The maximum atomic E-state index is 5.57. The topological polar surface area (TPSA) is 102 Å². The van der Waals surface area contributed by atoms with Gasteiger partial charge in [0.25, 0.3) is 0 Å². The van der Waals surface area contributed by atoms with Crippen LogP contribution < -0.4 is 10.1 Å². The Bertz CT molecular complexity index is 1310. The van der Waals surface area contributed by atoms with Crippen molar-refractivity contribution >= 4 is 17.0 Å². The summed E-state index contributed by atoms with van der Waals surface area (Å²) in [6.45, 7) is 6.11. The van der Waals surface area contributed by atoms with Gasteiger partial charge in [0.05, 0.1) is 37.8 Å². The van der Waals surface area contributed by atoms with E-state index < -0.39 is 0 Å². The number of hydrogen-bond acceptors (Lipinski definition) is 8. The van der Waals surface area contributed by atoms with Gasteiger partial charge in [-0.15, -0.1) is 11.3 Å². The fraction of sp³-hybridized carbons (Fsp3) is 0.520. The fourth-order valence-corrected chi connectivity index (χ4v) is 6.37. The largest absolute Gasteiger partial charge is 0.493 e. The molecule has 184 valence electrons. The summed E-state index contributed by atoms with van der Waals surface area (Å²) in [5.41, 5.74) is 4.68. The highest BCUT2D eigenvalue weighted by atomic mass is 32.1. The molecule has 0 aromatic carbocycles. The number of fused-ring (bicyclic) bond motifs is 1. The van der Waals surface area contributed by atoms with Crippen molar-refractivity contribution in [2.75, 3.05) is 20.3 Å². The van der Waals surface area contributed by atoms with Crippen LogP contribution in [-0.4, -0.2) is 62.2 Å². The Morgan fingerprint density at radius 3 is 2.71 bits per heavy atom. The van der Waals surface area contributed by atoms with Gasteiger partial charge >= 0.3 is 0 Å². The van der Waals surface area contributed by atoms with Crippen molar-refractivity contribution in [2.24, 2.45) is 0 Å². The van der Waals surface area contributed by atoms with Crippen LogP contribution in [0.3, 0.4) is 0 Å². The molecule has 0 spiro atoms. The summed E-state index contributed by atoms with van der Waals surface area (Å²) >= 11 is 1.80. The summed E-state index contributed by atoms with van der Waals surface area (Å²) in [7, 11) is 1.65. The number of ether oxygens (including phenoxy) is 2. The molecule has 1 saturated heterocycles. The quantitative estimate of drug-likeness (QED) is 0.394. The lowest BCUT2D eigenvalue weighted by atomic mass is 9.85. The van der Waals surface area contributed by atoms with Gasteiger partial charge in [-0.2, -0.15) is 10.2 Å². The van der Waals surface area contributed by atoms with E-state index in [1.807, 2.05) is 12.3 Å². The van der Waals surface area contributed by atoms with Crippen molar-refractivity contribution in [3.8, 4) is 27.7 Å².